The summed E-state index contributed by atoms with van der Waals surface area (Å²) < 4.78 is 0. The summed E-state index contributed by atoms with van der Waals surface area (Å²) in [5.41, 5.74) is 5.10. The number of carbonyl (C=O) groups is 2. The lowest BCUT2D eigenvalue weighted by Gasteiger charge is -2.10. The number of hydrogen-bond acceptors (Lipinski definition) is 4. The topological polar surface area (TPSA) is 71.1 Å². The van der Waals surface area contributed by atoms with E-state index in [4.69, 9.17) is 0 Å². The van der Waals surface area contributed by atoms with E-state index in [-0.39, 0.29) is 11.8 Å². The summed E-state index contributed by atoms with van der Waals surface area (Å²) in [7, 11) is 0. The maximum Gasteiger partial charge on any atom is 0.255 e. The van der Waals surface area contributed by atoms with E-state index in [2.05, 4.69) is 15.6 Å². The normalized spacial score (nSPS) is 13.4. The lowest BCUT2D eigenvalue weighted by Crippen LogP contribution is -2.13. The van der Waals surface area contributed by atoms with Crippen LogP contribution in [0.2, 0.25) is 0 Å². The van der Waals surface area contributed by atoms with Crippen molar-refractivity contribution >= 4 is 34.5 Å². The van der Waals surface area contributed by atoms with Crippen molar-refractivity contribution < 1.29 is 9.59 Å². The standard InChI is InChI=1S/C21H19N3O2S/c1-13-22-19(12-27-13)14-5-8-17(9-6-14)23-21(26)16-7-10-18-15(11-16)3-2-4-20(25)24-18/h5-12H,2-4H2,1H3,(H,23,26)(H,24,25). The average molecular weight is 377 g/mol. The van der Waals surface area contributed by atoms with Crippen molar-refractivity contribution in [3.63, 3.8) is 0 Å². The van der Waals surface area contributed by atoms with Crippen LogP contribution < -0.4 is 10.6 Å². The Morgan fingerprint density at radius 3 is 2.70 bits per heavy atom. The van der Waals surface area contributed by atoms with Gasteiger partial charge < -0.3 is 10.6 Å². The van der Waals surface area contributed by atoms with Gasteiger partial charge in [0, 0.05) is 34.3 Å². The van der Waals surface area contributed by atoms with E-state index in [9.17, 15) is 9.59 Å². The second-order valence-corrected chi connectivity index (χ2v) is 7.62. The zero-order valence-corrected chi connectivity index (χ0v) is 15.7. The molecule has 1 aliphatic rings. The van der Waals surface area contributed by atoms with Gasteiger partial charge in [-0.25, -0.2) is 4.98 Å². The highest BCUT2D eigenvalue weighted by Gasteiger charge is 2.15. The molecule has 2 heterocycles. The van der Waals surface area contributed by atoms with Gasteiger partial charge in [-0.2, -0.15) is 0 Å². The fourth-order valence-corrected chi connectivity index (χ4v) is 3.76. The van der Waals surface area contributed by atoms with Gasteiger partial charge in [0.25, 0.3) is 5.91 Å². The van der Waals surface area contributed by atoms with Crippen molar-refractivity contribution in [3.8, 4) is 11.3 Å². The maximum absolute atomic E-state index is 12.6. The Labute approximate surface area is 161 Å². The molecule has 0 aliphatic carbocycles. The fraction of sp³-hybridized carbons (Fsp3) is 0.190. The number of fused-ring (bicyclic) bond motifs is 1. The maximum atomic E-state index is 12.6. The summed E-state index contributed by atoms with van der Waals surface area (Å²) in [6.45, 7) is 1.98. The molecule has 2 amide bonds. The molecule has 4 rings (SSSR count). The van der Waals surface area contributed by atoms with E-state index < -0.39 is 0 Å². The van der Waals surface area contributed by atoms with Crippen molar-refractivity contribution in [2.75, 3.05) is 10.6 Å². The van der Waals surface area contributed by atoms with Crippen LogP contribution in [0.25, 0.3) is 11.3 Å². The molecule has 1 aliphatic heterocycles. The first-order valence-electron chi connectivity index (χ1n) is 8.85. The quantitative estimate of drug-likeness (QED) is 0.698. The summed E-state index contributed by atoms with van der Waals surface area (Å²) in [6, 6.07) is 13.1. The van der Waals surface area contributed by atoms with Gasteiger partial charge in [0.05, 0.1) is 10.7 Å². The Bertz CT molecular complexity index is 1010. The number of amides is 2. The molecule has 0 saturated carbocycles. The van der Waals surface area contributed by atoms with Gasteiger partial charge in [-0.15, -0.1) is 11.3 Å². The van der Waals surface area contributed by atoms with Gasteiger partial charge >= 0.3 is 0 Å². The molecule has 0 fully saturated rings. The molecule has 2 aromatic carbocycles. The van der Waals surface area contributed by atoms with E-state index in [1.807, 2.05) is 42.6 Å². The molecule has 5 nitrogen and oxygen atoms in total. The summed E-state index contributed by atoms with van der Waals surface area (Å²) in [4.78, 5) is 28.7. The predicted molar refractivity (Wildman–Crippen MR) is 108 cm³/mol. The van der Waals surface area contributed by atoms with E-state index in [1.165, 1.54) is 0 Å². The van der Waals surface area contributed by atoms with Crippen LogP contribution in [0.4, 0.5) is 11.4 Å². The molecule has 3 aromatic rings. The van der Waals surface area contributed by atoms with Crippen LogP contribution in [0.5, 0.6) is 0 Å². The third kappa shape index (κ3) is 3.90. The number of hydrogen-bond donors (Lipinski definition) is 2. The largest absolute Gasteiger partial charge is 0.326 e. The van der Waals surface area contributed by atoms with Crippen LogP contribution >= 0.6 is 11.3 Å². The van der Waals surface area contributed by atoms with Crippen molar-refractivity contribution in [2.24, 2.45) is 0 Å². The van der Waals surface area contributed by atoms with Gasteiger partial charge in [0.15, 0.2) is 0 Å². The van der Waals surface area contributed by atoms with E-state index in [0.29, 0.717) is 12.0 Å². The summed E-state index contributed by atoms with van der Waals surface area (Å²) in [6.07, 6.45) is 2.10. The lowest BCUT2D eigenvalue weighted by atomic mass is 10.0. The molecule has 0 bridgehead atoms. The highest BCUT2D eigenvalue weighted by Crippen LogP contribution is 2.25. The Morgan fingerprint density at radius 1 is 1.15 bits per heavy atom. The molecule has 0 spiro atoms. The minimum Gasteiger partial charge on any atom is -0.326 e. The summed E-state index contributed by atoms with van der Waals surface area (Å²) in [5, 5.41) is 8.87. The number of nitrogens with one attached hydrogen (secondary N) is 2. The molecule has 0 radical (unpaired) electrons. The molecule has 136 valence electrons. The van der Waals surface area contributed by atoms with Gasteiger partial charge in [-0.1, -0.05) is 12.1 Å². The smallest absolute Gasteiger partial charge is 0.255 e. The van der Waals surface area contributed by atoms with Crippen molar-refractivity contribution in [3.05, 3.63) is 64.0 Å². The van der Waals surface area contributed by atoms with E-state index in [1.54, 1.807) is 23.5 Å². The second kappa shape index (κ2) is 7.32. The molecule has 6 heteroatoms. The zero-order chi connectivity index (χ0) is 18.8. The number of thiazole rings is 1. The monoisotopic (exact) mass is 377 g/mol. The zero-order valence-electron chi connectivity index (χ0n) is 14.9. The van der Waals surface area contributed by atoms with Crippen LogP contribution in [0, 0.1) is 6.92 Å². The predicted octanol–water partition coefficient (Wildman–Crippen LogP) is 4.65. The van der Waals surface area contributed by atoms with Crippen LogP contribution in [-0.4, -0.2) is 16.8 Å². The number of benzene rings is 2. The third-order valence-electron chi connectivity index (χ3n) is 4.55. The summed E-state index contributed by atoms with van der Waals surface area (Å²) >= 11 is 1.62. The number of aryl methyl sites for hydroxylation is 2. The Hall–Kier alpha value is -2.99. The van der Waals surface area contributed by atoms with Crippen LogP contribution in [0.15, 0.2) is 47.8 Å². The number of rotatable bonds is 3. The number of nitrogens with zero attached hydrogens (tertiary/aromatic N) is 1. The SMILES string of the molecule is Cc1nc(-c2ccc(NC(=O)c3ccc4c(c3)CCCC(=O)N4)cc2)cs1. The lowest BCUT2D eigenvalue weighted by molar-refractivity contribution is -0.116. The molecule has 0 unspecified atom stereocenters. The van der Waals surface area contributed by atoms with Crippen molar-refractivity contribution in [1.29, 1.82) is 0 Å². The highest BCUT2D eigenvalue weighted by atomic mass is 32.1. The van der Waals surface area contributed by atoms with Crippen molar-refractivity contribution in [1.82, 2.24) is 4.98 Å². The minimum atomic E-state index is -0.161. The van der Waals surface area contributed by atoms with Gasteiger partial charge in [0.1, 0.15) is 0 Å². The second-order valence-electron chi connectivity index (χ2n) is 6.56. The van der Waals surface area contributed by atoms with Crippen LogP contribution in [0.1, 0.15) is 33.8 Å². The number of aromatic nitrogens is 1. The first kappa shape index (κ1) is 17.4. The Kier molecular flexibility index (Phi) is 4.73. The van der Waals surface area contributed by atoms with E-state index >= 15 is 0 Å². The first-order chi connectivity index (χ1) is 13.1. The average Bonchev–Trinajstić information content (AvgIpc) is 3.00. The molecular formula is C21H19N3O2S. The van der Waals surface area contributed by atoms with Crippen LogP contribution in [-0.2, 0) is 11.2 Å². The van der Waals surface area contributed by atoms with E-state index in [0.717, 1.165) is 46.0 Å². The van der Waals surface area contributed by atoms with Gasteiger partial charge in [-0.05, 0) is 55.7 Å². The molecule has 0 atom stereocenters. The molecular weight excluding hydrogens is 358 g/mol. The van der Waals surface area contributed by atoms with Gasteiger partial charge in [-0.3, -0.25) is 9.59 Å². The first-order valence-corrected chi connectivity index (χ1v) is 9.73. The molecule has 27 heavy (non-hydrogen) atoms. The number of anilines is 2. The molecule has 1 aromatic heterocycles. The molecule has 2 N–H and O–H groups in total. The summed E-state index contributed by atoms with van der Waals surface area (Å²) in [5.74, 6) is -0.132. The van der Waals surface area contributed by atoms with Crippen LogP contribution in [0.3, 0.4) is 0 Å². The Balaban J connectivity index is 1.49. The van der Waals surface area contributed by atoms with Crippen molar-refractivity contribution in [2.45, 2.75) is 26.2 Å². The fourth-order valence-electron chi connectivity index (χ4n) is 3.14. The number of carbonyl (C=O) groups excluding carboxylic acids is 2. The third-order valence-corrected chi connectivity index (χ3v) is 5.32. The molecule has 0 saturated heterocycles. The Morgan fingerprint density at radius 2 is 1.96 bits per heavy atom. The highest BCUT2D eigenvalue weighted by molar-refractivity contribution is 7.09. The minimum absolute atomic E-state index is 0.0290. The van der Waals surface area contributed by atoms with Gasteiger partial charge in [0.2, 0.25) is 5.91 Å².